The van der Waals surface area contributed by atoms with Crippen LogP contribution in [0.3, 0.4) is 0 Å². The molecule has 184 valence electrons. The molecular formula is C30H32N4O2. The summed E-state index contributed by atoms with van der Waals surface area (Å²) in [7, 11) is 0. The minimum atomic E-state index is -0.0955. The highest BCUT2D eigenvalue weighted by atomic mass is 16.2. The van der Waals surface area contributed by atoms with Crippen molar-refractivity contribution in [1.82, 2.24) is 9.55 Å². The van der Waals surface area contributed by atoms with E-state index < -0.39 is 0 Å². The number of rotatable bonds is 6. The minimum Gasteiger partial charge on any atom is -0.318 e. The van der Waals surface area contributed by atoms with Gasteiger partial charge in [0.1, 0.15) is 12.4 Å². The van der Waals surface area contributed by atoms with Gasteiger partial charge in [-0.25, -0.2) is 4.98 Å². The molecule has 0 bridgehead atoms. The zero-order valence-corrected chi connectivity index (χ0v) is 21.3. The van der Waals surface area contributed by atoms with Crippen molar-refractivity contribution in [3.8, 4) is 0 Å². The van der Waals surface area contributed by atoms with E-state index in [4.69, 9.17) is 4.98 Å². The van der Waals surface area contributed by atoms with Crippen LogP contribution in [0.25, 0.3) is 11.0 Å². The fraction of sp³-hybridized carbons (Fsp3) is 0.300. The van der Waals surface area contributed by atoms with Gasteiger partial charge in [-0.15, -0.1) is 0 Å². The number of aryl methyl sites for hydroxylation is 2. The molecule has 0 radical (unpaired) electrons. The van der Waals surface area contributed by atoms with E-state index in [1.54, 1.807) is 0 Å². The fourth-order valence-corrected chi connectivity index (χ4v) is 5.23. The Morgan fingerprint density at radius 1 is 1.03 bits per heavy atom. The average Bonchev–Trinajstić information content (AvgIpc) is 3.41. The number of amides is 2. The Morgan fingerprint density at radius 3 is 2.50 bits per heavy atom. The van der Waals surface area contributed by atoms with E-state index in [0.717, 1.165) is 39.4 Å². The summed E-state index contributed by atoms with van der Waals surface area (Å²) in [6.45, 7) is 8.84. The van der Waals surface area contributed by atoms with Crippen LogP contribution >= 0.6 is 0 Å². The number of carbonyl (C=O) groups excluding carboxylic acids is 2. The number of hydrogen-bond acceptors (Lipinski definition) is 3. The minimum absolute atomic E-state index is 0.00342. The number of nitrogens with zero attached hydrogens (tertiary/aromatic N) is 4. The van der Waals surface area contributed by atoms with Crippen molar-refractivity contribution in [1.29, 1.82) is 0 Å². The Balaban J connectivity index is 1.51. The molecule has 1 saturated heterocycles. The van der Waals surface area contributed by atoms with Gasteiger partial charge in [-0.2, -0.15) is 0 Å². The SMILES string of the molecule is Cc1ccc(C)c(N2C[C@H](c3nc4ccccc4n3CC(=O)N(c3ccccc3)C(C)C)CC2=O)c1. The molecule has 0 spiro atoms. The van der Waals surface area contributed by atoms with Gasteiger partial charge in [0.25, 0.3) is 0 Å². The summed E-state index contributed by atoms with van der Waals surface area (Å²) in [5.41, 5.74) is 5.79. The molecule has 6 nitrogen and oxygen atoms in total. The molecule has 0 N–H and O–H groups in total. The molecule has 1 aliphatic heterocycles. The molecule has 0 aliphatic carbocycles. The predicted octanol–water partition coefficient (Wildman–Crippen LogP) is 5.62. The third-order valence-corrected chi connectivity index (χ3v) is 6.94. The summed E-state index contributed by atoms with van der Waals surface area (Å²) in [6.07, 6.45) is 0.372. The Hall–Kier alpha value is -3.93. The van der Waals surface area contributed by atoms with Crippen LogP contribution in [0.1, 0.15) is 43.1 Å². The van der Waals surface area contributed by atoms with Gasteiger partial charge in [-0.1, -0.05) is 42.5 Å². The number of para-hydroxylation sites is 3. The first kappa shape index (κ1) is 23.8. The lowest BCUT2D eigenvalue weighted by atomic mass is 10.1. The fourth-order valence-electron chi connectivity index (χ4n) is 5.23. The molecule has 1 aliphatic rings. The third-order valence-electron chi connectivity index (χ3n) is 6.94. The van der Waals surface area contributed by atoms with Crippen molar-refractivity contribution in [3.05, 3.63) is 89.7 Å². The van der Waals surface area contributed by atoms with E-state index in [9.17, 15) is 9.59 Å². The second kappa shape index (κ2) is 9.61. The molecular weight excluding hydrogens is 448 g/mol. The van der Waals surface area contributed by atoms with Crippen LogP contribution in [0.15, 0.2) is 72.8 Å². The van der Waals surface area contributed by atoms with Crippen LogP contribution in [0.2, 0.25) is 0 Å². The van der Waals surface area contributed by atoms with E-state index >= 15 is 0 Å². The lowest BCUT2D eigenvalue weighted by molar-refractivity contribution is -0.119. The first-order chi connectivity index (χ1) is 17.3. The van der Waals surface area contributed by atoms with Gasteiger partial charge < -0.3 is 14.4 Å². The van der Waals surface area contributed by atoms with Crippen LogP contribution in [0, 0.1) is 13.8 Å². The van der Waals surface area contributed by atoms with E-state index in [1.807, 2.05) is 96.7 Å². The van der Waals surface area contributed by atoms with Crippen molar-refractivity contribution >= 4 is 34.2 Å². The van der Waals surface area contributed by atoms with Crippen molar-refractivity contribution < 1.29 is 9.59 Å². The summed E-state index contributed by atoms with van der Waals surface area (Å²) in [5.74, 6) is 0.785. The van der Waals surface area contributed by atoms with E-state index in [2.05, 4.69) is 18.2 Å². The van der Waals surface area contributed by atoms with E-state index in [1.165, 1.54) is 0 Å². The Morgan fingerprint density at radius 2 is 1.75 bits per heavy atom. The van der Waals surface area contributed by atoms with Gasteiger partial charge in [0.05, 0.1) is 11.0 Å². The monoisotopic (exact) mass is 480 g/mol. The molecule has 1 fully saturated rings. The van der Waals surface area contributed by atoms with Crippen molar-refractivity contribution in [2.24, 2.45) is 0 Å². The highest BCUT2D eigenvalue weighted by molar-refractivity contribution is 5.98. The van der Waals surface area contributed by atoms with Gasteiger partial charge in [0, 0.05) is 36.3 Å². The quantitative estimate of drug-likeness (QED) is 0.360. The second-order valence-corrected chi connectivity index (χ2v) is 9.93. The zero-order chi connectivity index (χ0) is 25.4. The first-order valence-electron chi connectivity index (χ1n) is 12.5. The number of carbonyl (C=O) groups is 2. The first-order valence-corrected chi connectivity index (χ1v) is 12.5. The molecule has 0 saturated carbocycles. The van der Waals surface area contributed by atoms with Crippen LogP contribution < -0.4 is 9.80 Å². The number of imidazole rings is 1. The largest absolute Gasteiger partial charge is 0.318 e. The number of benzene rings is 3. The average molecular weight is 481 g/mol. The zero-order valence-electron chi connectivity index (χ0n) is 21.3. The molecule has 3 aromatic carbocycles. The maximum atomic E-state index is 13.7. The Bertz CT molecular complexity index is 1420. The summed E-state index contributed by atoms with van der Waals surface area (Å²) >= 11 is 0. The molecule has 1 aromatic heterocycles. The standard InChI is InChI=1S/C30H32N4O2/c1-20(2)34(24-10-6-5-7-11-24)29(36)19-33-26-13-9-8-12-25(26)31-30(33)23-17-28(35)32(18-23)27-16-21(3)14-15-22(27)4/h5-16,20,23H,17-19H2,1-4H3/t23-/m1/s1. The van der Waals surface area contributed by atoms with Crippen molar-refractivity contribution in [2.45, 2.75) is 52.6 Å². The van der Waals surface area contributed by atoms with Crippen LogP contribution in [0.4, 0.5) is 11.4 Å². The maximum absolute atomic E-state index is 13.7. The molecule has 2 heterocycles. The molecule has 2 amide bonds. The molecule has 5 rings (SSSR count). The number of fused-ring (bicyclic) bond motifs is 1. The summed E-state index contributed by atoms with van der Waals surface area (Å²) < 4.78 is 2.01. The predicted molar refractivity (Wildman–Crippen MR) is 144 cm³/mol. The normalized spacial score (nSPS) is 15.8. The van der Waals surface area contributed by atoms with Gasteiger partial charge in [0.15, 0.2) is 0 Å². The van der Waals surface area contributed by atoms with Gasteiger partial charge in [-0.05, 0) is 69.2 Å². The Kier molecular flexibility index (Phi) is 6.35. The van der Waals surface area contributed by atoms with E-state index in [0.29, 0.717) is 13.0 Å². The van der Waals surface area contributed by atoms with Crippen molar-refractivity contribution in [2.75, 3.05) is 16.3 Å². The molecule has 36 heavy (non-hydrogen) atoms. The maximum Gasteiger partial charge on any atom is 0.247 e. The molecule has 0 unspecified atom stereocenters. The highest BCUT2D eigenvalue weighted by Gasteiger charge is 2.36. The molecule has 1 atom stereocenters. The van der Waals surface area contributed by atoms with Crippen molar-refractivity contribution in [3.63, 3.8) is 0 Å². The van der Waals surface area contributed by atoms with Crippen LogP contribution in [0.5, 0.6) is 0 Å². The van der Waals surface area contributed by atoms with E-state index in [-0.39, 0.29) is 30.3 Å². The van der Waals surface area contributed by atoms with Crippen LogP contribution in [-0.2, 0) is 16.1 Å². The topological polar surface area (TPSA) is 58.4 Å². The molecule has 6 heteroatoms. The lowest BCUT2D eigenvalue weighted by Gasteiger charge is -2.28. The summed E-state index contributed by atoms with van der Waals surface area (Å²) in [5, 5.41) is 0. The lowest BCUT2D eigenvalue weighted by Crippen LogP contribution is -2.39. The number of anilines is 2. The second-order valence-electron chi connectivity index (χ2n) is 9.93. The van der Waals surface area contributed by atoms with Gasteiger partial charge in [-0.3, -0.25) is 9.59 Å². The molecule has 4 aromatic rings. The Labute approximate surface area is 212 Å². The van der Waals surface area contributed by atoms with Gasteiger partial charge in [0.2, 0.25) is 11.8 Å². The third kappa shape index (κ3) is 4.39. The van der Waals surface area contributed by atoms with Gasteiger partial charge >= 0.3 is 0 Å². The number of hydrogen-bond donors (Lipinski definition) is 0. The smallest absolute Gasteiger partial charge is 0.247 e. The number of aromatic nitrogens is 2. The van der Waals surface area contributed by atoms with Crippen LogP contribution in [-0.4, -0.2) is 34.0 Å². The summed E-state index contributed by atoms with van der Waals surface area (Å²) in [6, 6.07) is 23.9. The summed E-state index contributed by atoms with van der Waals surface area (Å²) in [4.78, 5) is 35.5. The highest BCUT2D eigenvalue weighted by Crippen LogP contribution is 2.35.